The number of ether oxygens (including phenoxy) is 1. The molecule has 1 heterocycles. The van der Waals surface area contributed by atoms with Gasteiger partial charge in [0, 0.05) is 6.20 Å². The van der Waals surface area contributed by atoms with Gasteiger partial charge in [-0.15, -0.1) is 0 Å². The second kappa shape index (κ2) is 4.52. The third kappa shape index (κ3) is 3.54. The highest BCUT2D eigenvalue weighted by atomic mass is 19.1. The van der Waals surface area contributed by atoms with Crippen molar-refractivity contribution >= 4 is 11.9 Å². The van der Waals surface area contributed by atoms with Crippen LogP contribution >= 0.6 is 0 Å². The summed E-state index contributed by atoms with van der Waals surface area (Å²) in [6, 6.07) is 0. The van der Waals surface area contributed by atoms with E-state index >= 15 is 0 Å². The Hall–Kier alpha value is -1.92. The van der Waals surface area contributed by atoms with Gasteiger partial charge in [-0.05, 0) is 20.8 Å². The van der Waals surface area contributed by atoms with Crippen molar-refractivity contribution in [2.75, 3.05) is 0 Å². The van der Waals surface area contributed by atoms with E-state index in [9.17, 15) is 14.0 Å². The minimum Gasteiger partial charge on any atom is -0.478 e. The third-order valence-corrected chi connectivity index (χ3v) is 1.67. The number of hydrogen-bond acceptors (Lipinski definition) is 4. The van der Waals surface area contributed by atoms with Gasteiger partial charge in [0.2, 0.25) is 0 Å². The van der Waals surface area contributed by atoms with Gasteiger partial charge >= 0.3 is 11.9 Å². The average molecular weight is 244 g/mol. The zero-order chi connectivity index (χ0) is 13.2. The van der Waals surface area contributed by atoms with Crippen molar-refractivity contribution in [2.45, 2.75) is 32.7 Å². The van der Waals surface area contributed by atoms with E-state index in [1.54, 1.807) is 20.8 Å². The molecule has 0 radical (unpaired) electrons. The molecule has 1 atom stereocenters. The largest absolute Gasteiger partial charge is 0.478 e. The zero-order valence-corrected chi connectivity index (χ0v) is 9.68. The van der Waals surface area contributed by atoms with E-state index in [1.165, 1.54) is 0 Å². The molecule has 17 heavy (non-hydrogen) atoms. The van der Waals surface area contributed by atoms with Crippen LogP contribution in [-0.2, 0) is 9.53 Å². The minimum absolute atomic E-state index is 0.00354. The number of hydrogen-bond donors (Lipinski definition) is 1. The predicted molar refractivity (Wildman–Crippen MR) is 55.2 cm³/mol. The van der Waals surface area contributed by atoms with Crippen LogP contribution in [0.4, 0.5) is 4.39 Å². The summed E-state index contributed by atoms with van der Waals surface area (Å²) in [6.07, 6.45) is -0.262. The van der Waals surface area contributed by atoms with Crippen LogP contribution in [0.15, 0.2) is 12.4 Å². The van der Waals surface area contributed by atoms with Crippen LogP contribution in [0.3, 0.4) is 0 Å². The maximum Gasteiger partial charge on any atom is 0.361 e. The Bertz CT molecular complexity index is 436. The van der Waals surface area contributed by atoms with Gasteiger partial charge in [0.1, 0.15) is 5.60 Å². The summed E-state index contributed by atoms with van der Waals surface area (Å²) in [5.74, 6) is -2.36. The summed E-state index contributed by atoms with van der Waals surface area (Å²) < 4.78 is 18.6. The number of alkyl halides is 1. The Balaban J connectivity index is 2.81. The molecular weight excluding hydrogens is 231 g/mol. The highest BCUT2D eigenvalue weighted by Gasteiger charge is 2.23. The molecule has 0 saturated heterocycles. The normalized spacial score (nSPS) is 13.2. The number of carboxylic acids is 1. The highest BCUT2D eigenvalue weighted by Crippen LogP contribution is 2.13. The number of nitrogens with zero attached hydrogens (tertiary/aromatic N) is 2. The van der Waals surface area contributed by atoms with Gasteiger partial charge < -0.3 is 9.84 Å². The Morgan fingerprint density at radius 1 is 1.53 bits per heavy atom. The number of carboxylic acid groups (broad SMARTS) is 1. The molecule has 1 unspecified atom stereocenters. The fourth-order valence-corrected chi connectivity index (χ4v) is 1.02. The summed E-state index contributed by atoms with van der Waals surface area (Å²) in [4.78, 5) is 21.9. The molecule has 0 amide bonds. The van der Waals surface area contributed by atoms with Gasteiger partial charge in [0.05, 0.1) is 11.8 Å². The monoisotopic (exact) mass is 244 g/mol. The molecule has 1 N–H and O–H groups in total. The number of aromatic nitrogens is 2. The highest BCUT2D eigenvalue weighted by molar-refractivity contribution is 5.89. The van der Waals surface area contributed by atoms with Crippen molar-refractivity contribution in [1.82, 2.24) is 9.78 Å². The Morgan fingerprint density at radius 2 is 2.12 bits per heavy atom. The van der Waals surface area contributed by atoms with E-state index in [0.29, 0.717) is 4.68 Å². The average Bonchev–Trinajstić information content (AvgIpc) is 2.62. The molecule has 0 saturated carbocycles. The summed E-state index contributed by atoms with van der Waals surface area (Å²) in [6.45, 7) is 5.06. The molecule has 0 fully saturated rings. The lowest BCUT2D eigenvalue weighted by molar-refractivity contribution is -0.146. The summed E-state index contributed by atoms with van der Waals surface area (Å²) in [5, 5.41) is 11.9. The van der Waals surface area contributed by atoms with Gasteiger partial charge in [-0.2, -0.15) is 5.10 Å². The van der Waals surface area contributed by atoms with E-state index in [2.05, 4.69) is 5.10 Å². The van der Waals surface area contributed by atoms with Crippen molar-refractivity contribution in [3.8, 4) is 0 Å². The quantitative estimate of drug-likeness (QED) is 0.812. The smallest absolute Gasteiger partial charge is 0.361 e. The molecule has 94 valence electrons. The number of carbonyl (C=O) groups excluding carboxylic acids is 1. The summed E-state index contributed by atoms with van der Waals surface area (Å²) in [7, 11) is 0. The maximum atomic E-state index is 13.0. The Kier molecular flexibility index (Phi) is 3.50. The molecule has 1 aromatic heterocycles. The fourth-order valence-electron chi connectivity index (χ4n) is 1.02. The van der Waals surface area contributed by atoms with Crippen LogP contribution in [0.2, 0.25) is 0 Å². The standard InChI is InChI=1S/C10H13FN2O4/c1-10(2,3)17-9(16)6-4-12-13(5-6)7(11)8(14)15/h4-5,7H,1-3H3,(H,14,15). The van der Waals surface area contributed by atoms with Crippen molar-refractivity contribution < 1.29 is 23.8 Å². The first-order chi connectivity index (χ1) is 7.70. The van der Waals surface area contributed by atoms with Crippen LogP contribution < -0.4 is 0 Å². The SMILES string of the molecule is CC(C)(C)OC(=O)c1cnn(C(F)C(=O)O)c1. The molecule has 0 aliphatic carbocycles. The number of carbonyl (C=O) groups is 2. The molecule has 6 nitrogen and oxygen atoms in total. The number of halogens is 1. The summed E-state index contributed by atoms with van der Waals surface area (Å²) >= 11 is 0. The predicted octanol–water partition coefficient (Wildman–Crippen LogP) is 1.39. The molecular formula is C10H13FN2O4. The second-order valence-corrected chi connectivity index (χ2v) is 4.38. The van der Waals surface area contributed by atoms with Crippen LogP contribution in [0.1, 0.15) is 37.4 Å². The van der Waals surface area contributed by atoms with Crippen LogP contribution in [0.5, 0.6) is 0 Å². The van der Waals surface area contributed by atoms with Gasteiger partial charge in [0.25, 0.3) is 6.30 Å². The summed E-state index contributed by atoms with van der Waals surface area (Å²) in [5.41, 5.74) is -0.676. The van der Waals surface area contributed by atoms with Crippen LogP contribution in [0.25, 0.3) is 0 Å². The second-order valence-electron chi connectivity index (χ2n) is 4.38. The van der Waals surface area contributed by atoms with Crippen molar-refractivity contribution in [3.63, 3.8) is 0 Å². The van der Waals surface area contributed by atoms with E-state index in [-0.39, 0.29) is 5.56 Å². The lowest BCUT2D eigenvalue weighted by Crippen LogP contribution is -2.23. The molecule has 0 aliphatic heterocycles. The van der Waals surface area contributed by atoms with Gasteiger partial charge in [-0.25, -0.2) is 18.7 Å². The molecule has 7 heteroatoms. The Morgan fingerprint density at radius 3 is 2.59 bits per heavy atom. The number of aliphatic carboxylic acids is 1. The Labute approximate surface area is 97.0 Å². The lowest BCUT2D eigenvalue weighted by Gasteiger charge is -2.18. The fraction of sp³-hybridized carbons (Fsp3) is 0.500. The molecule has 0 aliphatic rings. The van der Waals surface area contributed by atoms with E-state index < -0.39 is 23.8 Å². The first-order valence-electron chi connectivity index (χ1n) is 4.85. The van der Waals surface area contributed by atoms with E-state index in [4.69, 9.17) is 9.84 Å². The van der Waals surface area contributed by atoms with Gasteiger partial charge in [-0.3, -0.25) is 0 Å². The van der Waals surface area contributed by atoms with E-state index in [1.807, 2.05) is 0 Å². The molecule has 1 rings (SSSR count). The van der Waals surface area contributed by atoms with Crippen LogP contribution in [-0.4, -0.2) is 32.4 Å². The van der Waals surface area contributed by atoms with Gasteiger partial charge in [-0.1, -0.05) is 0 Å². The number of esters is 1. The molecule has 0 aromatic carbocycles. The van der Waals surface area contributed by atoms with E-state index in [0.717, 1.165) is 12.4 Å². The first kappa shape index (κ1) is 13.1. The van der Waals surface area contributed by atoms with Crippen LogP contribution in [0, 0.1) is 0 Å². The molecule has 0 spiro atoms. The first-order valence-corrected chi connectivity index (χ1v) is 4.85. The van der Waals surface area contributed by atoms with Crippen molar-refractivity contribution in [1.29, 1.82) is 0 Å². The molecule has 0 bridgehead atoms. The third-order valence-electron chi connectivity index (χ3n) is 1.67. The minimum atomic E-state index is -2.31. The molecule has 1 aromatic rings. The topological polar surface area (TPSA) is 81.4 Å². The lowest BCUT2D eigenvalue weighted by atomic mass is 10.2. The number of rotatable bonds is 3. The van der Waals surface area contributed by atoms with Crippen molar-refractivity contribution in [2.24, 2.45) is 0 Å². The maximum absolute atomic E-state index is 13.0. The zero-order valence-electron chi connectivity index (χ0n) is 9.68. The van der Waals surface area contributed by atoms with Crippen molar-refractivity contribution in [3.05, 3.63) is 18.0 Å². The van der Waals surface area contributed by atoms with Gasteiger partial charge in [0.15, 0.2) is 0 Å².